The van der Waals surface area contributed by atoms with E-state index in [4.69, 9.17) is 16.6 Å². The van der Waals surface area contributed by atoms with E-state index in [0.29, 0.717) is 37.3 Å². The highest BCUT2D eigenvalue weighted by Crippen LogP contribution is 2.39. The number of aromatic nitrogens is 4. The minimum absolute atomic E-state index is 0.00750. The van der Waals surface area contributed by atoms with Crippen LogP contribution in [0.1, 0.15) is 38.3 Å². The van der Waals surface area contributed by atoms with Crippen molar-refractivity contribution in [2.45, 2.75) is 32.6 Å². The molecule has 1 fully saturated rings. The second kappa shape index (κ2) is 12.3. The number of piperazine rings is 1. The number of amides is 3. The Morgan fingerprint density at radius 3 is 2.39 bits per heavy atom. The number of anilines is 3. The van der Waals surface area contributed by atoms with Crippen molar-refractivity contribution >= 4 is 57.5 Å². The molecule has 0 spiro atoms. The molecule has 0 aliphatic carbocycles. The van der Waals surface area contributed by atoms with E-state index in [2.05, 4.69) is 27.2 Å². The largest absolute Gasteiger partial charge is 0.355 e. The standard InChI is InChI=1S/C32H30ClFN8O4/c1-4-25(45)40-12-14-41(15-13-40)30-18-16-19(33)28-26-20(34)6-5-7-21(26)36-23(43)8-9-24(44)37-22-10-11-35-27(17(2)3)29(22)42(31(18)38-28)32(46)39-30/h4-7,10-11,16-17H,1,8-9,12-15H2,2-3H3,(H,36,43)(H,37,44). The van der Waals surface area contributed by atoms with Crippen molar-refractivity contribution in [3.63, 3.8) is 0 Å². The predicted octanol–water partition coefficient (Wildman–Crippen LogP) is 4.26. The molecular formula is C32H30ClFN8O4. The minimum Gasteiger partial charge on any atom is -0.352 e. The van der Waals surface area contributed by atoms with Gasteiger partial charge in [0.15, 0.2) is 5.65 Å². The predicted molar refractivity (Wildman–Crippen MR) is 173 cm³/mol. The molecule has 1 saturated heterocycles. The Morgan fingerprint density at radius 1 is 1.02 bits per heavy atom. The van der Waals surface area contributed by atoms with Gasteiger partial charge in [-0.25, -0.2) is 18.7 Å². The van der Waals surface area contributed by atoms with Crippen LogP contribution in [0, 0.1) is 5.82 Å². The molecule has 2 aliphatic heterocycles. The quantitative estimate of drug-likeness (QED) is 0.315. The average Bonchev–Trinajstić information content (AvgIpc) is 3.03. The smallest absolute Gasteiger partial charge is 0.352 e. The van der Waals surface area contributed by atoms with E-state index in [9.17, 15) is 19.2 Å². The maximum Gasteiger partial charge on any atom is 0.355 e. The second-order valence-corrected chi connectivity index (χ2v) is 11.7. The van der Waals surface area contributed by atoms with Gasteiger partial charge >= 0.3 is 5.69 Å². The number of nitrogens with one attached hydrogen (secondary N) is 2. The van der Waals surface area contributed by atoms with Crippen LogP contribution < -0.4 is 21.2 Å². The van der Waals surface area contributed by atoms with Crippen LogP contribution in [0.2, 0.25) is 5.02 Å². The summed E-state index contributed by atoms with van der Waals surface area (Å²) in [5.41, 5.74) is 0.377. The molecular weight excluding hydrogens is 615 g/mol. The Kier molecular flexibility index (Phi) is 8.26. The lowest BCUT2D eigenvalue weighted by Crippen LogP contribution is -2.49. The third-order valence-electron chi connectivity index (χ3n) is 7.97. The first-order chi connectivity index (χ1) is 22.1. The lowest BCUT2D eigenvalue weighted by Gasteiger charge is -2.35. The fourth-order valence-electron chi connectivity index (χ4n) is 5.74. The van der Waals surface area contributed by atoms with Gasteiger partial charge < -0.3 is 20.4 Å². The topological polar surface area (TPSA) is 142 Å². The normalized spacial score (nSPS) is 15.2. The van der Waals surface area contributed by atoms with Crippen molar-refractivity contribution in [2.75, 3.05) is 41.7 Å². The van der Waals surface area contributed by atoms with Crippen LogP contribution in [0.15, 0.2) is 54.0 Å². The Balaban J connectivity index is 1.69. The van der Waals surface area contributed by atoms with Crippen molar-refractivity contribution in [2.24, 2.45) is 0 Å². The zero-order valence-electron chi connectivity index (χ0n) is 25.1. The summed E-state index contributed by atoms with van der Waals surface area (Å²) in [7, 11) is 0. The fraction of sp³-hybridized carbons (Fsp3) is 0.281. The number of benzene rings is 1. The molecule has 46 heavy (non-hydrogen) atoms. The number of hydrogen-bond acceptors (Lipinski definition) is 8. The van der Waals surface area contributed by atoms with Crippen LogP contribution in [0.5, 0.6) is 0 Å². The summed E-state index contributed by atoms with van der Waals surface area (Å²) >= 11 is 6.85. The van der Waals surface area contributed by atoms with Gasteiger partial charge in [0.2, 0.25) is 17.7 Å². The van der Waals surface area contributed by atoms with Crippen molar-refractivity contribution in [1.82, 2.24) is 24.4 Å². The molecule has 2 N–H and O–H groups in total. The van der Waals surface area contributed by atoms with Crippen LogP contribution in [0.4, 0.5) is 21.6 Å². The highest BCUT2D eigenvalue weighted by Gasteiger charge is 2.29. The Morgan fingerprint density at radius 2 is 1.72 bits per heavy atom. The van der Waals surface area contributed by atoms with E-state index in [-0.39, 0.29) is 69.5 Å². The molecule has 236 valence electrons. The number of halogens is 2. The monoisotopic (exact) mass is 644 g/mol. The van der Waals surface area contributed by atoms with Crippen LogP contribution in [-0.2, 0) is 14.4 Å². The first-order valence-electron chi connectivity index (χ1n) is 14.7. The van der Waals surface area contributed by atoms with Gasteiger partial charge in [-0.2, -0.15) is 4.98 Å². The number of pyridine rings is 2. The second-order valence-electron chi connectivity index (χ2n) is 11.3. The minimum atomic E-state index is -0.715. The number of carbonyl (C=O) groups excluding carboxylic acids is 3. The molecule has 0 radical (unpaired) electrons. The van der Waals surface area contributed by atoms with Crippen LogP contribution >= 0.6 is 11.6 Å². The third kappa shape index (κ3) is 5.58. The third-order valence-corrected chi connectivity index (χ3v) is 8.26. The highest BCUT2D eigenvalue weighted by molar-refractivity contribution is 6.34. The molecule has 12 nitrogen and oxygen atoms in total. The van der Waals surface area contributed by atoms with Gasteiger partial charge in [0, 0.05) is 45.2 Å². The molecule has 14 heteroatoms. The maximum absolute atomic E-state index is 15.6. The number of nitrogens with zero attached hydrogens (tertiary/aromatic N) is 6. The van der Waals surface area contributed by atoms with Crippen molar-refractivity contribution in [3.05, 3.63) is 76.2 Å². The van der Waals surface area contributed by atoms with Crippen LogP contribution in [0.3, 0.4) is 0 Å². The summed E-state index contributed by atoms with van der Waals surface area (Å²) in [6, 6.07) is 7.28. The summed E-state index contributed by atoms with van der Waals surface area (Å²) in [4.78, 5) is 69.7. The summed E-state index contributed by atoms with van der Waals surface area (Å²) in [6.07, 6.45) is 2.41. The van der Waals surface area contributed by atoms with E-state index >= 15 is 4.39 Å². The molecule has 2 aliphatic rings. The molecule has 4 aromatic rings. The van der Waals surface area contributed by atoms with Gasteiger partial charge in [-0.3, -0.25) is 19.4 Å². The number of hydrogen-bond donors (Lipinski definition) is 2. The Bertz CT molecular complexity index is 1990. The molecule has 0 saturated carbocycles. The van der Waals surface area contributed by atoms with Gasteiger partial charge in [0.1, 0.15) is 11.6 Å². The lowest BCUT2D eigenvalue weighted by atomic mass is 10.0. The maximum atomic E-state index is 15.6. The van der Waals surface area contributed by atoms with E-state index in [0.717, 1.165) is 0 Å². The summed E-state index contributed by atoms with van der Waals surface area (Å²) in [5, 5.41) is 5.94. The number of rotatable bonds is 3. The molecule has 3 aromatic heterocycles. The average molecular weight is 645 g/mol. The van der Waals surface area contributed by atoms with Gasteiger partial charge in [-0.1, -0.05) is 38.1 Å². The molecule has 2 bridgehead atoms. The van der Waals surface area contributed by atoms with Crippen molar-refractivity contribution in [1.29, 1.82) is 0 Å². The van der Waals surface area contributed by atoms with Crippen LogP contribution in [0.25, 0.3) is 28.0 Å². The van der Waals surface area contributed by atoms with Crippen LogP contribution in [-0.4, -0.2) is 68.3 Å². The first kappa shape index (κ1) is 30.8. The van der Waals surface area contributed by atoms with E-state index in [1.807, 2.05) is 18.7 Å². The first-order valence-corrected chi connectivity index (χ1v) is 15.1. The van der Waals surface area contributed by atoms with Crippen molar-refractivity contribution < 1.29 is 18.8 Å². The number of carbonyl (C=O) groups is 3. The SMILES string of the molecule is C=CC(=O)N1CCN(c2nc(=O)n3c4nc(c(Cl)cc24)-c2c(F)cccc2NC(=O)CCC(=O)Nc2ccnc(C(C)C)c2-3)CC1. The Hall–Kier alpha value is -5.17. The summed E-state index contributed by atoms with van der Waals surface area (Å²) in [5.74, 6) is -1.81. The lowest BCUT2D eigenvalue weighted by molar-refractivity contribution is -0.126. The molecule has 5 heterocycles. The van der Waals surface area contributed by atoms with Gasteiger partial charge in [-0.15, -0.1) is 0 Å². The van der Waals surface area contributed by atoms with E-state index in [1.54, 1.807) is 17.0 Å². The summed E-state index contributed by atoms with van der Waals surface area (Å²) < 4.78 is 16.9. The van der Waals surface area contributed by atoms with Gasteiger partial charge in [0.05, 0.1) is 44.4 Å². The summed E-state index contributed by atoms with van der Waals surface area (Å²) in [6.45, 7) is 8.79. The van der Waals surface area contributed by atoms with E-state index in [1.165, 1.54) is 35.0 Å². The van der Waals surface area contributed by atoms with Gasteiger partial charge in [-0.05, 0) is 36.3 Å². The zero-order chi connectivity index (χ0) is 32.7. The fourth-order valence-corrected chi connectivity index (χ4v) is 5.99. The zero-order valence-corrected chi connectivity index (χ0v) is 25.9. The molecule has 6 rings (SSSR count). The van der Waals surface area contributed by atoms with Gasteiger partial charge in [0.25, 0.3) is 0 Å². The molecule has 1 aromatic carbocycles. The number of fused-ring (bicyclic) bond motifs is 5. The molecule has 0 atom stereocenters. The van der Waals surface area contributed by atoms with Crippen molar-refractivity contribution in [3.8, 4) is 16.9 Å². The van der Waals surface area contributed by atoms with E-state index < -0.39 is 23.3 Å². The Labute approximate surface area is 267 Å². The highest BCUT2D eigenvalue weighted by atomic mass is 35.5. The molecule has 0 unspecified atom stereocenters. The molecule has 3 amide bonds.